The Labute approximate surface area is 128 Å². The van der Waals surface area contributed by atoms with Crippen molar-refractivity contribution in [3.05, 3.63) is 0 Å². The van der Waals surface area contributed by atoms with Gasteiger partial charge in [-0.05, 0) is 38.5 Å². The summed E-state index contributed by atoms with van der Waals surface area (Å²) in [5.41, 5.74) is 0. The van der Waals surface area contributed by atoms with Crippen molar-refractivity contribution >= 4 is 0 Å². The van der Waals surface area contributed by atoms with Crippen molar-refractivity contribution < 1.29 is 9.59 Å². The molecule has 20 heavy (non-hydrogen) atoms. The minimum absolute atomic E-state index is 0.366. The Bertz CT molecular complexity index is 177. The Morgan fingerprint density at radius 1 is 0.550 bits per heavy atom. The van der Waals surface area contributed by atoms with Crippen molar-refractivity contribution in [2.24, 2.45) is 0 Å². The maximum atomic E-state index is 8.75. The largest absolute Gasteiger partial charge is 0.396 e. The smallest absolute Gasteiger partial charge is 0.0786 e. The number of rotatable bonds is 15. The zero-order valence-corrected chi connectivity index (χ0v) is 14.5. The molecule has 0 heterocycles. The lowest BCUT2D eigenvalue weighted by Crippen LogP contribution is -2.50. The van der Waals surface area contributed by atoms with E-state index in [4.69, 9.17) is 5.11 Å². The van der Waals surface area contributed by atoms with Gasteiger partial charge in [-0.1, -0.05) is 46.5 Å². The van der Waals surface area contributed by atoms with Crippen molar-refractivity contribution in [1.29, 1.82) is 0 Å². The third kappa shape index (κ3) is 9.77. The Kier molecular flexibility index (Phi) is 13.8. The molecule has 1 N–H and O–H groups in total. The second-order valence-electron chi connectivity index (χ2n) is 6.43. The molecule has 0 aliphatic carbocycles. The molecule has 0 rings (SSSR count). The highest BCUT2D eigenvalue weighted by molar-refractivity contribution is 4.49. The van der Waals surface area contributed by atoms with E-state index >= 15 is 0 Å². The minimum Gasteiger partial charge on any atom is -0.396 e. The predicted octanol–water partition coefficient (Wildman–Crippen LogP) is 4.76. The number of aliphatic hydroxyl groups excluding tert-OH is 1. The van der Waals surface area contributed by atoms with E-state index in [0.717, 1.165) is 6.42 Å². The number of quaternary nitrogens is 1. The molecule has 0 aliphatic heterocycles. The fourth-order valence-electron chi connectivity index (χ4n) is 3.54. The van der Waals surface area contributed by atoms with Crippen LogP contribution in [0.4, 0.5) is 0 Å². The molecule has 0 saturated heterocycles. The number of hydrogen-bond acceptors (Lipinski definition) is 1. The quantitative estimate of drug-likeness (QED) is 0.340. The fourth-order valence-corrected chi connectivity index (χ4v) is 3.54. The highest BCUT2D eigenvalue weighted by Crippen LogP contribution is 2.15. The van der Waals surface area contributed by atoms with E-state index in [-0.39, 0.29) is 0 Å². The van der Waals surface area contributed by atoms with Gasteiger partial charge in [-0.25, -0.2) is 0 Å². The van der Waals surface area contributed by atoms with Crippen molar-refractivity contribution in [2.45, 2.75) is 85.0 Å². The zero-order chi connectivity index (χ0) is 15.1. The molecular formula is C18H40NO+. The maximum Gasteiger partial charge on any atom is 0.0786 e. The summed E-state index contributed by atoms with van der Waals surface area (Å²) in [6.45, 7) is 12.9. The summed E-state index contributed by atoms with van der Waals surface area (Å²) in [7, 11) is 0. The summed E-state index contributed by atoms with van der Waals surface area (Å²) < 4.78 is 1.37. The van der Waals surface area contributed by atoms with Crippen LogP contribution in [0.5, 0.6) is 0 Å². The third-order valence-corrected chi connectivity index (χ3v) is 4.38. The van der Waals surface area contributed by atoms with E-state index in [1.807, 2.05) is 0 Å². The first kappa shape index (κ1) is 19.9. The van der Waals surface area contributed by atoms with Crippen LogP contribution < -0.4 is 0 Å². The molecule has 0 bridgehead atoms. The van der Waals surface area contributed by atoms with Gasteiger partial charge in [0.2, 0.25) is 0 Å². The molecule has 2 heteroatoms. The van der Waals surface area contributed by atoms with Gasteiger partial charge in [0.25, 0.3) is 0 Å². The highest BCUT2D eigenvalue weighted by atomic mass is 16.2. The van der Waals surface area contributed by atoms with Gasteiger partial charge in [0.05, 0.1) is 26.2 Å². The first-order valence-corrected chi connectivity index (χ1v) is 9.20. The lowest BCUT2D eigenvalue weighted by molar-refractivity contribution is -0.928. The van der Waals surface area contributed by atoms with E-state index in [2.05, 4.69) is 20.8 Å². The maximum absolute atomic E-state index is 8.75. The number of hydrogen-bond donors (Lipinski definition) is 1. The number of unbranched alkanes of at least 4 members (excludes halogenated alkanes) is 6. The van der Waals surface area contributed by atoms with Gasteiger partial charge >= 0.3 is 0 Å². The fraction of sp³-hybridized carbons (Fsp3) is 1.00. The Morgan fingerprint density at radius 2 is 0.950 bits per heavy atom. The predicted molar refractivity (Wildman–Crippen MR) is 90.0 cm³/mol. The van der Waals surface area contributed by atoms with Crippen LogP contribution in [0.25, 0.3) is 0 Å². The van der Waals surface area contributed by atoms with Crippen LogP contribution >= 0.6 is 0 Å². The van der Waals surface area contributed by atoms with E-state index in [1.165, 1.54) is 88.4 Å². The van der Waals surface area contributed by atoms with E-state index in [1.54, 1.807) is 0 Å². The molecule has 0 radical (unpaired) electrons. The molecule has 0 atom stereocenters. The summed E-state index contributed by atoms with van der Waals surface area (Å²) in [6.07, 6.45) is 13.0. The summed E-state index contributed by atoms with van der Waals surface area (Å²) in [5.74, 6) is 0. The molecule has 122 valence electrons. The van der Waals surface area contributed by atoms with Crippen molar-refractivity contribution in [2.75, 3.05) is 32.8 Å². The van der Waals surface area contributed by atoms with Gasteiger partial charge in [0.15, 0.2) is 0 Å². The van der Waals surface area contributed by atoms with Crippen LogP contribution in [0.1, 0.15) is 85.0 Å². The molecule has 0 unspecified atom stereocenters. The molecule has 0 amide bonds. The lowest BCUT2D eigenvalue weighted by atomic mass is 10.1. The molecular weight excluding hydrogens is 246 g/mol. The van der Waals surface area contributed by atoms with Crippen LogP contribution in [0, 0.1) is 0 Å². The van der Waals surface area contributed by atoms with Gasteiger partial charge in [-0.15, -0.1) is 0 Å². The summed E-state index contributed by atoms with van der Waals surface area (Å²) >= 11 is 0. The second-order valence-corrected chi connectivity index (χ2v) is 6.43. The normalized spacial score (nSPS) is 12.0. The summed E-state index contributed by atoms with van der Waals surface area (Å²) in [6, 6.07) is 0. The van der Waals surface area contributed by atoms with Gasteiger partial charge in [-0.2, -0.15) is 0 Å². The molecule has 0 saturated carbocycles. The summed E-state index contributed by atoms with van der Waals surface area (Å²) in [4.78, 5) is 0. The van der Waals surface area contributed by atoms with E-state index < -0.39 is 0 Å². The molecule has 0 aliphatic rings. The van der Waals surface area contributed by atoms with Crippen LogP contribution in [-0.4, -0.2) is 42.4 Å². The van der Waals surface area contributed by atoms with Crippen LogP contribution in [0.2, 0.25) is 0 Å². The number of nitrogens with zero attached hydrogens (tertiary/aromatic N) is 1. The monoisotopic (exact) mass is 286 g/mol. The number of aliphatic hydroxyl groups is 1. The molecule has 0 aromatic carbocycles. The summed E-state index contributed by atoms with van der Waals surface area (Å²) in [5, 5.41) is 8.75. The highest BCUT2D eigenvalue weighted by Gasteiger charge is 2.23. The van der Waals surface area contributed by atoms with Crippen LogP contribution in [-0.2, 0) is 0 Å². The first-order valence-electron chi connectivity index (χ1n) is 9.20. The molecule has 0 fully saturated rings. The average molecular weight is 287 g/mol. The Morgan fingerprint density at radius 3 is 1.35 bits per heavy atom. The van der Waals surface area contributed by atoms with Crippen LogP contribution in [0.3, 0.4) is 0 Å². The molecule has 0 aromatic rings. The van der Waals surface area contributed by atoms with Gasteiger partial charge in [-0.3, -0.25) is 0 Å². The second kappa shape index (κ2) is 13.9. The molecule has 0 spiro atoms. The minimum atomic E-state index is 0.366. The SMILES string of the molecule is CCC[N+](CCC)(CCC)CCCCCCCCCO. The van der Waals surface area contributed by atoms with Crippen molar-refractivity contribution in [3.63, 3.8) is 0 Å². The van der Waals surface area contributed by atoms with Gasteiger partial charge < -0.3 is 9.59 Å². The lowest BCUT2D eigenvalue weighted by Gasteiger charge is -2.38. The zero-order valence-electron chi connectivity index (χ0n) is 14.5. The molecule has 2 nitrogen and oxygen atoms in total. The topological polar surface area (TPSA) is 20.2 Å². The van der Waals surface area contributed by atoms with Gasteiger partial charge in [0.1, 0.15) is 0 Å². The third-order valence-electron chi connectivity index (χ3n) is 4.38. The van der Waals surface area contributed by atoms with Crippen LogP contribution in [0.15, 0.2) is 0 Å². The first-order chi connectivity index (χ1) is 9.74. The van der Waals surface area contributed by atoms with Gasteiger partial charge in [0, 0.05) is 6.61 Å². The van der Waals surface area contributed by atoms with E-state index in [0.29, 0.717) is 6.61 Å². The van der Waals surface area contributed by atoms with E-state index in [9.17, 15) is 0 Å². The average Bonchev–Trinajstić information content (AvgIpc) is 2.43. The Balaban J connectivity index is 3.82. The molecule has 0 aromatic heterocycles. The Hall–Kier alpha value is -0.0800. The standard InChI is InChI=1S/C18H40NO/c1-4-14-19(15-5-2,16-6-3)17-12-10-8-7-9-11-13-18-20/h20H,4-18H2,1-3H3/q+1. The van der Waals surface area contributed by atoms with Crippen molar-refractivity contribution in [1.82, 2.24) is 0 Å². The van der Waals surface area contributed by atoms with Crippen molar-refractivity contribution in [3.8, 4) is 0 Å².